The lowest BCUT2D eigenvalue weighted by Crippen LogP contribution is -2.18. The number of phenolic OH excluding ortho intramolecular Hbond substituents is 2. The van der Waals surface area contributed by atoms with Crippen LogP contribution < -0.4 is 4.83 Å². The van der Waals surface area contributed by atoms with Crippen molar-refractivity contribution in [2.75, 3.05) is 0 Å². The Bertz CT molecular complexity index is 885. The fourth-order valence-electron chi connectivity index (χ4n) is 1.57. The molecule has 0 saturated carbocycles. The highest BCUT2D eigenvalue weighted by Gasteiger charge is 2.19. The van der Waals surface area contributed by atoms with Crippen molar-refractivity contribution in [2.24, 2.45) is 5.10 Å². The standard InChI is InChI=1S/C13H9Cl3N2O4S/c14-9-4-11(16)13(5-10(9)15)23(21,22)18-17-6-7-1-2-8(19)3-12(7)20/h1-6,18-20H/b17-6-. The number of rotatable bonds is 4. The van der Waals surface area contributed by atoms with Crippen molar-refractivity contribution in [3.63, 3.8) is 0 Å². The highest BCUT2D eigenvalue weighted by atomic mass is 35.5. The van der Waals surface area contributed by atoms with E-state index in [2.05, 4.69) is 5.10 Å². The zero-order valence-corrected chi connectivity index (χ0v) is 14.2. The maximum absolute atomic E-state index is 12.1. The van der Waals surface area contributed by atoms with Gasteiger partial charge in [0.2, 0.25) is 0 Å². The number of nitrogens with one attached hydrogen (secondary N) is 1. The third kappa shape index (κ3) is 4.20. The number of halogens is 3. The Morgan fingerprint density at radius 3 is 2.30 bits per heavy atom. The molecular weight excluding hydrogens is 387 g/mol. The molecule has 0 unspecified atom stereocenters. The van der Waals surface area contributed by atoms with Gasteiger partial charge < -0.3 is 10.2 Å². The lowest BCUT2D eigenvalue weighted by molar-refractivity contribution is 0.450. The van der Waals surface area contributed by atoms with Crippen LogP contribution in [-0.2, 0) is 10.0 Å². The van der Waals surface area contributed by atoms with Crippen LogP contribution in [0, 0.1) is 0 Å². The monoisotopic (exact) mass is 394 g/mol. The van der Waals surface area contributed by atoms with E-state index in [0.29, 0.717) is 0 Å². The van der Waals surface area contributed by atoms with Crippen LogP contribution >= 0.6 is 34.8 Å². The van der Waals surface area contributed by atoms with Crippen molar-refractivity contribution in [1.82, 2.24) is 4.83 Å². The quantitative estimate of drug-likeness (QED) is 0.420. The van der Waals surface area contributed by atoms with Gasteiger partial charge in [0, 0.05) is 11.6 Å². The van der Waals surface area contributed by atoms with Gasteiger partial charge in [-0.05, 0) is 24.3 Å². The van der Waals surface area contributed by atoms with Gasteiger partial charge in [0.25, 0.3) is 10.0 Å². The topological polar surface area (TPSA) is 99.0 Å². The Morgan fingerprint density at radius 2 is 1.65 bits per heavy atom. The average molecular weight is 396 g/mol. The van der Waals surface area contributed by atoms with E-state index < -0.39 is 10.0 Å². The summed E-state index contributed by atoms with van der Waals surface area (Å²) in [6, 6.07) is 6.06. The molecule has 0 atom stereocenters. The summed E-state index contributed by atoms with van der Waals surface area (Å²) < 4.78 is 24.3. The highest BCUT2D eigenvalue weighted by molar-refractivity contribution is 7.89. The zero-order chi connectivity index (χ0) is 17.2. The van der Waals surface area contributed by atoms with Gasteiger partial charge in [-0.2, -0.15) is 13.5 Å². The molecule has 0 amide bonds. The third-order valence-corrected chi connectivity index (χ3v) is 5.06. The predicted octanol–water partition coefficient (Wildman–Crippen LogP) is 3.37. The van der Waals surface area contributed by atoms with Crippen LogP contribution in [0.3, 0.4) is 0 Å². The molecule has 0 heterocycles. The number of aromatic hydroxyl groups is 2. The van der Waals surface area contributed by atoms with Crippen molar-refractivity contribution in [2.45, 2.75) is 4.90 Å². The second-order valence-electron chi connectivity index (χ2n) is 4.29. The zero-order valence-electron chi connectivity index (χ0n) is 11.2. The Labute approximate surface area is 147 Å². The van der Waals surface area contributed by atoms with E-state index in [1.807, 2.05) is 4.83 Å². The average Bonchev–Trinajstić information content (AvgIpc) is 2.45. The number of benzene rings is 2. The van der Waals surface area contributed by atoms with Gasteiger partial charge in [-0.25, -0.2) is 4.83 Å². The van der Waals surface area contributed by atoms with Crippen LogP contribution in [0.15, 0.2) is 40.3 Å². The minimum Gasteiger partial charge on any atom is -0.508 e. The van der Waals surface area contributed by atoms with Crippen molar-refractivity contribution in [3.8, 4) is 11.5 Å². The smallest absolute Gasteiger partial charge is 0.278 e. The molecule has 2 rings (SSSR count). The summed E-state index contributed by atoms with van der Waals surface area (Å²) in [5, 5.41) is 22.3. The summed E-state index contributed by atoms with van der Waals surface area (Å²) in [5.74, 6) is -0.400. The van der Waals surface area contributed by atoms with Crippen LogP contribution in [-0.4, -0.2) is 24.8 Å². The van der Waals surface area contributed by atoms with Crippen molar-refractivity contribution < 1.29 is 18.6 Å². The Morgan fingerprint density at radius 1 is 1.00 bits per heavy atom. The molecule has 10 heteroatoms. The van der Waals surface area contributed by atoms with Gasteiger partial charge in [0.15, 0.2) is 0 Å². The van der Waals surface area contributed by atoms with E-state index in [4.69, 9.17) is 39.9 Å². The van der Waals surface area contributed by atoms with Gasteiger partial charge >= 0.3 is 0 Å². The Balaban J connectivity index is 2.25. The predicted molar refractivity (Wildman–Crippen MR) is 89.2 cm³/mol. The lowest BCUT2D eigenvalue weighted by Gasteiger charge is -2.07. The molecule has 0 aliphatic carbocycles. The number of sulfonamides is 1. The number of phenols is 2. The lowest BCUT2D eigenvalue weighted by atomic mass is 10.2. The molecule has 0 radical (unpaired) electrons. The molecule has 2 aromatic carbocycles. The van der Waals surface area contributed by atoms with Crippen LogP contribution in [0.1, 0.15) is 5.56 Å². The van der Waals surface area contributed by atoms with Crippen molar-refractivity contribution in [3.05, 3.63) is 51.0 Å². The summed E-state index contributed by atoms with van der Waals surface area (Å²) in [7, 11) is -4.08. The van der Waals surface area contributed by atoms with E-state index in [1.165, 1.54) is 18.2 Å². The number of hydrogen-bond acceptors (Lipinski definition) is 5. The van der Waals surface area contributed by atoms with Crippen molar-refractivity contribution >= 4 is 51.0 Å². The second-order valence-corrected chi connectivity index (χ2v) is 7.14. The second kappa shape index (κ2) is 6.84. The van der Waals surface area contributed by atoms with E-state index in [-0.39, 0.29) is 37.0 Å². The van der Waals surface area contributed by atoms with Crippen molar-refractivity contribution in [1.29, 1.82) is 0 Å². The molecule has 0 saturated heterocycles. The third-order valence-electron chi connectivity index (χ3n) is 2.65. The first-order valence-electron chi connectivity index (χ1n) is 5.92. The van der Waals surface area contributed by atoms with Crippen LogP contribution in [0.4, 0.5) is 0 Å². The summed E-state index contributed by atoms with van der Waals surface area (Å²) in [4.78, 5) is 1.64. The number of hydrazone groups is 1. The van der Waals surface area contributed by atoms with Crippen LogP contribution in [0.25, 0.3) is 0 Å². The molecule has 0 spiro atoms. The molecule has 3 N–H and O–H groups in total. The first-order valence-corrected chi connectivity index (χ1v) is 8.54. The fraction of sp³-hybridized carbons (Fsp3) is 0. The van der Waals surface area contributed by atoms with Gasteiger partial charge in [-0.1, -0.05) is 34.8 Å². The molecule has 0 aliphatic heterocycles. The number of nitrogens with zero attached hydrogens (tertiary/aromatic N) is 1. The summed E-state index contributed by atoms with van der Waals surface area (Å²) in [5.41, 5.74) is 0.200. The van der Waals surface area contributed by atoms with Crippen LogP contribution in [0.5, 0.6) is 11.5 Å². The first kappa shape index (κ1) is 17.7. The molecule has 0 fully saturated rings. The summed E-state index contributed by atoms with van der Waals surface area (Å²) >= 11 is 17.4. The molecule has 122 valence electrons. The molecule has 23 heavy (non-hydrogen) atoms. The van der Waals surface area contributed by atoms with Crippen LogP contribution in [0.2, 0.25) is 15.1 Å². The van der Waals surface area contributed by atoms with E-state index >= 15 is 0 Å². The molecular formula is C13H9Cl3N2O4S. The SMILES string of the molecule is O=S(=O)(N/N=C\c1ccc(O)cc1O)c1cc(Cl)c(Cl)cc1Cl. The largest absolute Gasteiger partial charge is 0.508 e. The van der Waals surface area contributed by atoms with Gasteiger partial charge in [-0.15, -0.1) is 0 Å². The number of hydrogen-bond donors (Lipinski definition) is 3. The summed E-state index contributed by atoms with van der Waals surface area (Å²) in [6.07, 6.45) is 1.07. The molecule has 0 bridgehead atoms. The molecule has 0 aliphatic rings. The minimum absolute atomic E-state index is 0.0246. The normalized spacial score (nSPS) is 11.8. The highest BCUT2D eigenvalue weighted by Crippen LogP contribution is 2.31. The summed E-state index contributed by atoms with van der Waals surface area (Å²) in [6.45, 7) is 0. The first-order chi connectivity index (χ1) is 10.7. The minimum atomic E-state index is -4.08. The molecule has 2 aromatic rings. The molecule has 6 nitrogen and oxygen atoms in total. The Kier molecular flexibility index (Phi) is 5.26. The van der Waals surface area contributed by atoms with E-state index in [9.17, 15) is 13.5 Å². The Hall–Kier alpha value is -1.67. The van der Waals surface area contributed by atoms with Gasteiger partial charge in [-0.3, -0.25) is 0 Å². The maximum Gasteiger partial charge on any atom is 0.278 e. The maximum atomic E-state index is 12.1. The van der Waals surface area contributed by atoms with Gasteiger partial charge in [0.1, 0.15) is 16.4 Å². The van der Waals surface area contributed by atoms with E-state index in [0.717, 1.165) is 18.3 Å². The fourth-order valence-corrected chi connectivity index (χ4v) is 3.36. The van der Waals surface area contributed by atoms with E-state index in [1.54, 1.807) is 0 Å². The van der Waals surface area contributed by atoms with Gasteiger partial charge in [0.05, 0.1) is 21.3 Å². The molecule has 0 aromatic heterocycles.